The highest BCUT2D eigenvalue weighted by molar-refractivity contribution is 6.35. The number of carbonyl (C=O) groups excluding carboxylic acids is 1. The summed E-state index contributed by atoms with van der Waals surface area (Å²) < 4.78 is 5.52. The summed E-state index contributed by atoms with van der Waals surface area (Å²) >= 11 is 11.8. The van der Waals surface area contributed by atoms with Gasteiger partial charge in [0.2, 0.25) is 5.91 Å². The molecule has 122 valence electrons. The number of carbonyl (C=O) groups is 1. The van der Waals surface area contributed by atoms with Crippen molar-refractivity contribution in [3.63, 3.8) is 0 Å². The van der Waals surface area contributed by atoms with E-state index in [-0.39, 0.29) is 18.6 Å². The van der Waals surface area contributed by atoms with Crippen molar-refractivity contribution >= 4 is 29.1 Å². The standard InChI is InChI=1S/C15H20Cl2N2O3/c1-2-13-15(21)18-5-6-19(13)8-11(20)9-22-14-4-3-10(16)7-12(14)17/h3-4,7,11,13,20H,2,5-6,8-9H2,1H3,(H,18,21). The molecule has 22 heavy (non-hydrogen) atoms. The zero-order chi connectivity index (χ0) is 16.1. The molecule has 0 spiro atoms. The first-order valence-electron chi connectivity index (χ1n) is 7.29. The fraction of sp³-hybridized carbons (Fsp3) is 0.533. The van der Waals surface area contributed by atoms with Crippen LogP contribution in [0.2, 0.25) is 10.0 Å². The second-order valence-corrected chi connectivity index (χ2v) is 6.09. The minimum Gasteiger partial charge on any atom is -0.489 e. The van der Waals surface area contributed by atoms with Crippen LogP contribution < -0.4 is 10.1 Å². The zero-order valence-corrected chi connectivity index (χ0v) is 13.9. The fourth-order valence-electron chi connectivity index (χ4n) is 2.53. The largest absolute Gasteiger partial charge is 0.489 e. The SMILES string of the molecule is CCC1C(=O)NCCN1CC(O)COc1ccc(Cl)cc1Cl. The van der Waals surface area contributed by atoms with E-state index in [1.54, 1.807) is 18.2 Å². The van der Waals surface area contributed by atoms with Crippen molar-refractivity contribution in [2.24, 2.45) is 0 Å². The van der Waals surface area contributed by atoms with E-state index in [0.717, 1.165) is 6.54 Å². The molecule has 1 saturated heterocycles. The van der Waals surface area contributed by atoms with Gasteiger partial charge in [-0.05, 0) is 24.6 Å². The van der Waals surface area contributed by atoms with Gasteiger partial charge in [0, 0.05) is 24.7 Å². The number of hydrogen-bond acceptors (Lipinski definition) is 4. The van der Waals surface area contributed by atoms with E-state index in [1.807, 2.05) is 11.8 Å². The number of amides is 1. The second-order valence-electron chi connectivity index (χ2n) is 5.25. The molecule has 0 aliphatic carbocycles. The number of benzene rings is 1. The van der Waals surface area contributed by atoms with Gasteiger partial charge in [-0.1, -0.05) is 30.1 Å². The number of hydrogen-bond donors (Lipinski definition) is 2. The smallest absolute Gasteiger partial charge is 0.237 e. The van der Waals surface area contributed by atoms with Crippen molar-refractivity contribution in [3.8, 4) is 5.75 Å². The van der Waals surface area contributed by atoms with Crippen LogP contribution in [0.15, 0.2) is 18.2 Å². The van der Waals surface area contributed by atoms with E-state index in [1.165, 1.54) is 0 Å². The van der Waals surface area contributed by atoms with Gasteiger partial charge in [-0.2, -0.15) is 0 Å². The predicted molar refractivity (Wildman–Crippen MR) is 86.6 cm³/mol. The minimum absolute atomic E-state index is 0.0163. The van der Waals surface area contributed by atoms with Crippen molar-refractivity contribution < 1.29 is 14.6 Å². The first-order chi connectivity index (χ1) is 10.5. The average molecular weight is 347 g/mol. The van der Waals surface area contributed by atoms with Crippen molar-refractivity contribution in [2.45, 2.75) is 25.5 Å². The van der Waals surface area contributed by atoms with Gasteiger partial charge in [-0.15, -0.1) is 0 Å². The third-order valence-electron chi connectivity index (χ3n) is 3.60. The van der Waals surface area contributed by atoms with Crippen LogP contribution in [0.3, 0.4) is 0 Å². The highest BCUT2D eigenvalue weighted by atomic mass is 35.5. The Labute approximate surface area is 140 Å². The topological polar surface area (TPSA) is 61.8 Å². The molecule has 0 aromatic heterocycles. The van der Waals surface area contributed by atoms with E-state index in [4.69, 9.17) is 27.9 Å². The molecule has 1 aromatic carbocycles. The molecule has 2 rings (SSSR count). The number of ether oxygens (including phenoxy) is 1. The van der Waals surface area contributed by atoms with Crippen LogP contribution in [0.1, 0.15) is 13.3 Å². The van der Waals surface area contributed by atoms with Crippen LogP contribution in [-0.2, 0) is 4.79 Å². The number of β-amino-alcohol motifs (C(OH)–C–C–N with tert-alkyl or cyclic N) is 1. The molecule has 0 saturated carbocycles. The lowest BCUT2D eigenvalue weighted by Gasteiger charge is -2.35. The van der Waals surface area contributed by atoms with Crippen LogP contribution in [0.4, 0.5) is 0 Å². The Morgan fingerprint density at radius 1 is 1.50 bits per heavy atom. The molecule has 0 radical (unpaired) electrons. The molecule has 1 aromatic rings. The third kappa shape index (κ3) is 4.49. The van der Waals surface area contributed by atoms with E-state index < -0.39 is 6.10 Å². The van der Waals surface area contributed by atoms with Gasteiger partial charge >= 0.3 is 0 Å². The zero-order valence-electron chi connectivity index (χ0n) is 12.4. The number of nitrogens with zero attached hydrogens (tertiary/aromatic N) is 1. The number of aliphatic hydroxyl groups excluding tert-OH is 1. The maximum absolute atomic E-state index is 11.8. The van der Waals surface area contributed by atoms with E-state index in [0.29, 0.717) is 35.3 Å². The van der Waals surface area contributed by atoms with Crippen LogP contribution in [0.5, 0.6) is 5.75 Å². The fourth-order valence-corrected chi connectivity index (χ4v) is 2.99. The lowest BCUT2D eigenvalue weighted by atomic mass is 10.1. The summed E-state index contributed by atoms with van der Waals surface area (Å²) in [6.45, 7) is 3.78. The number of halogens is 2. The van der Waals surface area contributed by atoms with Crippen molar-refractivity contribution in [1.82, 2.24) is 10.2 Å². The number of rotatable bonds is 6. The molecule has 2 unspecified atom stereocenters. The number of nitrogens with one attached hydrogen (secondary N) is 1. The Bertz CT molecular complexity index is 528. The molecule has 2 atom stereocenters. The van der Waals surface area contributed by atoms with Crippen LogP contribution in [0.25, 0.3) is 0 Å². The summed E-state index contributed by atoms with van der Waals surface area (Å²) in [6.07, 6.45) is 0.00860. The maximum Gasteiger partial charge on any atom is 0.237 e. The van der Waals surface area contributed by atoms with Gasteiger partial charge in [0.05, 0.1) is 11.1 Å². The summed E-state index contributed by atoms with van der Waals surface area (Å²) in [5.74, 6) is 0.496. The summed E-state index contributed by atoms with van der Waals surface area (Å²) in [5, 5.41) is 13.9. The first kappa shape index (κ1) is 17.3. The number of aliphatic hydroxyl groups is 1. The van der Waals surface area contributed by atoms with Crippen molar-refractivity contribution in [3.05, 3.63) is 28.2 Å². The first-order valence-corrected chi connectivity index (χ1v) is 8.04. The van der Waals surface area contributed by atoms with Gasteiger partial charge < -0.3 is 15.2 Å². The highest BCUT2D eigenvalue weighted by Gasteiger charge is 2.29. The lowest BCUT2D eigenvalue weighted by Crippen LogP contribution is -2.56. The van der Waals surface area contributed by atoms with Crippen LogP contribution in [-0.4, -0.2) is 54.3 Å². The summed E-state index contributed by atoms with van der Waals surface area (Å²) in [4.78, 5) is 13.8. The monoisotopic (exact) mass is 346 g/mol. The Hall–Kier alpha value is -1.01. The van der Waals surface area contributed by atoms with Crippen LogP contribution >= 0.6 is 23.2 Å². The van der Waals surface area contributed by atoms with Gasteiger partial charge in [-0.3, -0.25) is 9.69 Å². The Balaban J connectivity index is 1.87. The normalized spacial score (nSPS) is 20.5. The van der Waals surface area contributed by atoms with Gasteiger partial charge in [-0.25, -0.2) is 0 Å². The summed E-state index contributed by atoms with van der Waals surface area (Å²) in [7, 11) is 0. The van der Waals surface area contributed by atoms with Gasteiger partial charge in [0.25, 0.3) is 0 Å². The summed E-state index contributed by atoms with van der Waals surface area (Å²) in [6, 6.07) is 4.74. The van der Waals surface area contributed by atoms with Gasteiger partial charge in [0.15, 0.2) is 0 Å². The molecule has 1 aliphatic heterocycles. The lowest BCUT2D eigenvalue weighted by molar-refractivity contribution is -0.129. The Kier molecular flexibility index (Phi) is 6.32. The molecular weight excluding hydrogens is 327 g/mol. The average Bonchev–Trinajstić information content (AvgIpc) is 2.46. The highest BCUT2D eigenvalue weighted by Crippen LogP contribution is 2.27. The van der Waals surface area contributed by atoms with Crippen molar-refractivity contribution in [1.29, 1.82) is 0 Å². The third-order valence-corrected chi connectivity index (χ3v) is 4.13. The molecule has 7 heteroatoms. The molecule has 2 N–H and O–H groups in total. The second kappa shape index (κ2) is 8.02. The van der Waals surface area contributed by atoms with E-state index in [2.05, 4.69) is 5.32 Å². The molecule has 5 nitrogen and oxygen atoms in total. The minimum atomic E-state index is -0.702. The van der Waals surface area contributed by atoms with Crippen LogP contribution in [0, 0.1) is 0 Å². The maximum atomic E-state index is 11.8. The van der Waals surface area contributed by atoms with Gasteiger partial charge in [0.1, 0.15) is 18.5 Å². The predicted octanol–water partition coefficient (Wildman–Crippen LogP) is 1.94. The molecule has 1 amide bonds. The molecule has 0 bridgehead atoms. The molecular formula is C15H20Cl2N2O3. The summed E-state index contributed by atoms with van der Waals surface area (Å²) in [5.41, 5.74) is 0. The Morgan fingerprint density at radius 2 is 2.27 bits per heavy atom. The van der Waals surface area contributed by atoms with Crippen molar-refractivity contribution in [2.75, 3.05) is 26.2 Å². The van der Waals surface area contributed by atoms with E-state index >= 15 is 0 Å². The molecule has 1 aliphatic rings. The quantitative estimate of drug-likeness (QED) is 0.826. The number of piperazine rings is 1. The Morgan fingerprint density at radius 3 is 2.95 bits per heavy atom. The van der Waals surface area contributed by atoms with E-state index in [9.17, 15) is 9.90 Å². The molecule has 1 fully saturated rings. The molecule has 1 heterocycles.